The molecule has 4 nitrogen and oxygen atoms in total. The quantitative estimate of drug-likeness (QED) is 0.902. The number of halogens is 4. The Morgan fingerprint density at radius 2 is 1.82 bits per heavy atom. The van der Waals surface area contributed by atoms with Gasteiger partial charge in [-0.05, 0) is 31.0 Å². The van der Waals surface area contributed by atoms with E-state index in [0.717, 1.165) is 12.1 Å². The van der Waals surface area contributed by atoms with Gasteiger partial charge in [-0.2, -0.15) is 13.2 Å². The first kappa shape index (κ1) is 16.6. The predicted octanol–water partition coefficient (Wildman–Crippen LogP) is 3.30. The van der Waals surface area contributed by atoms with Crippen molar-refractivity contribution in [2.24, 2.45) is 5.92 Å². The third-order valence-electron chi connectivity index (χ3n) is 3.65. The van der Waals surface area contributed by atoms with Crippen molar-refractivity contribution < 1.29 is 27.9 Å². The number of nitrogens with zero attached hydrogens (tertiary/aromatic N) is 1. The Bertz CT molecular complexity index is 595. The molecule has 1 N–H and O–H groups in total. The Hall–Kier alpha value is -1.76. The van der Waals surface area contributed by atoms with Crippen LogP contribution in [0.25, 0.3) is 0 Å². The van der Waals surface area contributed by atoms with Crippen LogP contribution in [-0.4, -0.2) is 35.0 Å². The molecule has 1 aliphatic heterocycles. The molecular formula is C14H13ClF3NO3. The summed E-state index contributed by atoms with van der Waals surface area (Å²) < 4.78 is 39.1. The fraction of sp³-hybridized carbons (Fsp3) is 0.429. The van der Waals surface area contributed by atoms with Crippen LogP contribution in [0.4, 0.5) is 13.2 Å². The van der Waals surface area contributed by atoms with Gasteiger partial charge < -0.3 is 10.0 Å². The fourth-order valence-corrected chi connectivity index (χ4v) is 2.61. The Morgan fingerprint density at radius 1 is 1.23 bits per heavy atom. The van der Waals surface area contributed by atoms with Crippen LogP contribution in [0.2, 0.25) is 5.02 Å². The summed E-state index contributed by atoms with van der Waals surface area (Å²) in [5, 5.41) is 8.79. The predicted molar refractivity (Wildman–Crippen MR) is 72.7 cm³/mol. The second kappa shape index (κ2) is 6.16. The van der Waals surface area contributed by atoms with E-state index in [2.05, 4.69) is 0 Å². The SMILES string of the molecule is O=C(O)C1CCN(C(=O)c2ccc(Cl)cc2C(F)(F)F)CC1. The van der Waals surface area contributed by atoms with Crippen LogP contribution in [0.1, 0.15) is 28.8 Å². The van der Waals surface area contributed by atoms with E-state index in [1.54, 1.807) is 0 Å². The van der Waals surface area contributed by atoms with E-state index in [1.807, 2.05) is 0 Å². The zero-order valence-electron chi connectivity index (χ0n) is 11.4. The number of rotatable bonds is 2. The molecule has 0 saturated carbocycles. The van der Waals surface area contributed by atoms with Gasteiger partial charge in [0.2, 0.25) is 0 Å². The summed E-state index contributed by atoms with van der Waals surface area (Å²) in [4.78, 5) is 24.4. The highest BCUT2D eigenvalue weighted by Gasteiger charge is 2.37. The molecule has 1 aromatic carbocycles. The average molecular weight is 336 g/mol. The molecule has 22 heavy (non-hydrogen) atoms. The van der Waals surface area contributed by atoms with Gasteiger partial charge in [0.1, 0.15) is 0 Å². The molecule has 1 aliphatic rings. The lowest BCUT2D eigenvalue weighted by atomic mass is 9.96. The van der Waals surface area contributed by atoms with Gasteiger partial charge >= 0.3 is 12.1 Å². The van der Waals surface area contributed by atoms with Gasteiger partial charge in [-0.15, -0.1) is 0 Å². The van der Waals surface area contributed by atoms with Crippen LogP contribution in [0.15, 0.2) is 18.2 Å². The maximum atomic E-state index is 13.0. The third-order valence-corrected chi connectivity index (χ3v) is 3.88. The van der Waals surface area contributed by atoms with Gasteiger partial charge in [-0.25, -0.2) is 0 Å². The third kappa shape index (κ3) is 3.52. The zero-order valence-corrected chi connectivity index (χ0v) is 12.1. The van der Waals surface area contributed by atoms with Crippen molar-refractivity contribution in [2.45, 2.75) is 19.0 Å². The number of benzene rings is 1. The van der Waals surface area contributed by atoms with Crippen LogP contribution >= 0.6 is 11.6 Å². The topological polar surface area (TPSA) is 57.6 Å². The van der Waals surface area contributed by atoms with Gasteiger partial charge in [-0.3, -0.25) is 9.59 Å². The van der Waals surface area contributed by atoms with Crippen molar-refractivity contribution in [3.8, 4) is 0 Å². The lowest BCUT2D eigenvalue weighted by Gasteiger charge is -2.30. The molecule has 0 unspecified atom stereocenters. The number of carboxylic acid groups (broad SMARTS) is 1. The van der Waals surface area contributed by atoms with Crippen molar-refractivity contribution in [1.82, 2.24) is 4.90 Å². The molecule has 1 fully saturated rings. The van der Waals surface area contributed by atoms with E-state index in [4.69, 9.17) is 16.7 Å². The number of alkyl halides is 3. The Labute approximate surface area is 129 Å². The summed E-state index contributed by atoms with van der Waals surface area (Å²) in [7, 11) is 0. The maximum absolute atomic E-state index is 13.0. The minimum absolute atomic E-state index is 0.103. The standard InChI is InChI=1S/C14H13ClF3NO3/c15-9-1-2-10(11(7-9)14(16,17)18)12(20)19-5-3-8(4-6-19)13(21)22/h1-2,7-8H,3-6H2,(H,21,22). The largest absolute Gasteiger partial charge is 0.481 e. The molecule has 2 rings (SSSR count). The van der Waals surface area contributed by atoms with Gasteiger partial charge in [0.25, 0.3) is 5.91 Å². The maximum Gasteiger partial charge on any atom is 0.417 e. The minimum atomic E-state index is -4.69. The van der Waals surface area contributed by atoms with E-state index in [9.17, 15) is 22.8 Å². The molecule has 0 aliphatic carbocycles. The summed E-state index contributed by atoms with van der Waals surface area (Å²) in [5.74, 6) is -2.27. The first-order chi connectivity index (χ1) is 10.2. The highest BCUT2D eigenvalue weighted by atomic mass is 35.5. The van der Waals surface area contributed by atoms with E-state index >= 15 is 0 Å². The molecule has 0 radical (unpaired) electrons. The van der Waals surface area contributed by atoms with Gasteiger partial charge in [0, 0.05) is 18.1 Å². The van der Waals surface area contributed by atoms with Crippen molar-refractivity contribution >= 4 is 23.5 Å². The van der Waals surface area contributed by atoms with Gasteiger partial charge in [-0.1, -0.05) is 11.6 Å². The number of carboxylic acids is 1. The van der Waals surface area contributed by atoms with Crippen molar-refractivity contribution in [3.05, 3.63) is 34.3 Å². The van der Waals surface area contributed by atoms with Crippen LogP contribution in [0, 0.1) is 5.92 Å². The highest BCUT2D eigenvalue weighted by Crippen LogP contribution is 2.34. The van der Waals surface area contributed by atoms with E-state index in [-0.39, 0.29) is 31.0 Å². The molecular weight excluding hydrogens is 323 g/mol. The van der Waals surface area contributed by atoms with Gasteiger partial charge in [0.15, 0.2) is 0 Å². The van der Waals surface area contributed by atoms with Crippen LogP contribution in [-0.2, 0) is 11.0 Å². The van der Waals surface area contributed by atoms with E-state index < -0.39 is 35.1 Å². The summed E-state index contributed by atoms with van der Waals surface area (Å²) >= 11 is 5.58. The van der Waals surface area contributed by atoms with Crippen LogP contribution < -0.4 is 0 Å². The average Bonchev–Trinajstić information content (AvgIpc) is 2.45. The van der Waals surface area contributed by atoms with E-state index in [0.29, 0.717) is 0 Å². The Balaban J connectivity index is 2.22. The number of likely N-dealkylation sites (tertiary alicyclic amines) is 1. The number of hydrogen-bond acceptors (Lipinski definition) is 2. The Morgan fingerprint density at radius 3 is 2.32 bits per heavy atom. The summed E-state index contributed by atoms with van der Waals surface area (Å²) in [6, 6.07) is 3.00. The van der Waals surface area contributed by atoms with Crippen molar-refractivity contribution in [1.29, 1.82) is 0 Å². The lowest BCUT2D eigenvalue weighted by molar-refractivity contribution is -0.143. The number of amides is 1. The molecule has 1 heterocycles. The molecule has 1 aromatic rings. The van der Waals surface area contributed by atoms with E-state index in [1.165, 1.54) is 11.0 Å². The first-order valence-electron chi connectivity index (χ1n) is 6.59. The summed E-state index contributed by atoms with van der Waals surface area (Å²) in [5.41, 5.74) is -1.55. The number of carbonyl (C=O) groups is 2. The lowest BCUT2D eigenvalue weighted by Crippen LogP contribution is -2.40. The molecule has 0 aromatic heterocycles. The molecule has 0 atom stereocenters. The number of aliphatic carboxylic acids is 1. The van der Waals surface area contributed by atoms with Crippen LogP contribution in [0.5, 0.6) is 0 Å². The second-order valence-electron chi connectivity index (χ2n) is 5.09. The zero-order chi connectivity index (χ0) is 16.5. The normalized spacial score (nSPS) is 16.6. The first-order valence-corrected chi connectivity index (χ1v) is 6.97. The second-order valence-corrected chi connectivity index (χ2v) is 5.53. The molecule has 120 valence electrons. The molecule has 1 amide bonds. The monoisotopic (exact) mass is 335 g/mol. The Kier molecular flexibility index (Phi) is 4.65. The minimum Gasteiger partial charge on any atom is -0.481 e. The molecule has 1 saturated heterocycles. The molecule has 0 bridgehead atoms. The summed E-state index contributed by atoms with van der Waals surface area (Å²) in [6.07, 6.45) is -4.22. The van der Waals surface area contributed by atoms with Crippen molar-refractivity contribution in [2.75, 3.05) is 13.1 Å². The van der Waals surface area contributed by atoms with Gasteiger partial charge in [0.05, 0.1) is 17.0 Å². The molecule has 8 heteroatoms. The van der Waals surface area contributed by atoms with Crippen LogP contribution in [0.3, 0.4) is 0 Å². The molecule has 0 spiro atoms. The smallest absolute Gasteiger partial charge is 0.417 e. The number of carbonyl (C=O) groups excluding carboxylic acids is 1. The highest BCUT2D eigenvalue weighted by molar-refractivity contribution is 6.30. The summed E-state index contributed by atoms with van der Waals surface area (Å²) in [6.45, 7) is 0.242. The number of piperidine rings is 1. The number of hydrogen-bond donors (Lipinski definition) is 1. The fourth-order valence-electron chi connectivity index (χ4n) is 2.44. The van der Waals surface area contributed by atoms with Crippen molar-refractivity contribution in [3.63, 3.8) is 0 Å².